The van der Waals surface area contributed by atoms with E-state index in [1.165, 1.54) is 24.3 Å². The van der Waals surface area contributed by atoms with Crippen molar-refractivity contribution < 1.29 is 34.4 Å². The molecule has 0 aliphatic rings. The molecule has 6 nitrogen and oxygen atoms in total. The molecular formula is C22H14F4N2O4S2. The van der Waals surface area contributed by atoms with Crippen LogP contribution in [0, 0.1) is 23.3 Å². The predicted molar refractivity (Wildman–Crippen MR) is 118 cm³/mol. The fourth-order valence-corrected chi connectivity index (χ4v) is 5.79. The molecule has 0 aliphatic carbocycles. The van der Waals surface area contributed by atoms with Crippen molar-refractivity contribution in [1.29, 1.82) is 0 Å². The number of rotatable bonds is 6. The van der Waals surface area contributed by atoms with E-state index in [0.29, 0.717) is 0 Å². The number of hydrogen-bond acceptors (Lipinski definition) is 4. The fraction of sp³-hybridized carbons (Fsp3) is 0. The first-order valence-corrected chi connectivity index (χ1v) is 12.4. The second-order valence-corrected chi connectivity index (χ2v) is 10.3. The molecule has 0 bridgehead atoms. The Hall–Kier alpha value is -3.64. The first-order chi connectivity index (χ1) is 16.0. The third-order valence-corrected chi connectivity index (χ3v) is 7.62. The van der Waals surface area contributed by atoms with Crippen molar-refractivity contribution in [3.8, 4) is 0 Å². The van der Waals surface area contributed by atoms with Gasteiger partial charge in [-0.05, 0) is 36.4 Å². The van der Waals surface area contributed by atoms with Crippen molar-refractivity contribution in [1.82, 2.24) is 0 Å². The van der Waals surface area contributed by atoms with E-state index in [1.54, 1.807) is 0 Å². The fourth-order valence-electron chi connectivity index (χ4n) is 3.35. The van der Waals surface area contributed by atoms with Crippen LogP contribution in [0.3, 0.4) is 0 Å². The van der Waals surface area contributed by atoms with Gasteiger partial charge in [0.05, 0.1) is 11.4 Å². The van der Waals surface area contributed by atoms with E-state index >= 15 is 0 Å². The Morgan fingerprint density at radius 3 is 1.12 bits per heavy atom. The highest BCUT2D eigenvalue weighted by Crippen LogP contribution is 2.34. The maximum Gasteiger partial charge on any atom is 0.267 e. The van der Waals surface area contributed by atoms with E-state index in [2.05, 4.69) is 9.44 Å². The number of hydrogen-bond donors (Lipinski definition) is 2. The van der Waals surface area contributed by atoms with Gasteiger partial charge >= 0.3 is 0 Å². The number of benzene rings is 4. The Morgan fingerprint density at radius 1 is 0.471 bits per heavy atom. The Balaban J connectivity index is 1.79. The van der Waals surface area contributed by atoms with Crippen LogP contribution in [0.2, 0.25) is 0 Å². The van der Waals surface area contributed by atoms with E-state index < -0.39 is 53.1 Å². The minimum Gasteiger partial charge on any atom is -0.279 e. The lowest BCUT2D eigenvalue weighted by Crippen LogP contribution is -2.18. The third kappa shape index (κ3) is 4.29. The molecule has 4 aromatic carbocycles. The summed E-state index contributed by atoms with van der Waals surface area (Å²) < 4.78 is 111. The zero-order chi connectivity index (χ0) is 24.7. The summed E-state index contributed by atoms with van der Waals surface area (Å²) >= 11 is 0. The van der Waals surface area contributed by atoms with Crippen LogP contribution in [0.4, 0.5) is 28.9 Å². The smallest absolute Gasteiger partial charge is 0.267 e. The number of fused-ring (bicyclic) bond motifs is 1. The summed E-state index contributed by atoms with van der Waals surface area (Å²) in [4.78, 5) is -2.36. The molecule has 0 spiro atoms. The van der Waals surface area contributed by atoms with E-state index in [1.807, 2.05) is 0 Å². The quantitative estimate of drug-likeness (QED) is 0.357. The van der Waals surface area contributed by atoms with Crippen molar-refractivity contribution in [2.45, 2.75) is 9.79 Å². The topological polar surface area (TPSA) is 92.3 Å². The molecule has 0 aromatic heterocycles. The SMILES string of the molecule is O=S(=O)(Nc1ccc(NS(=O)(=O)c2c(F)cccc2F)c2ccccc12)c1c(F)cccc1F. The largest absolute Gasteiger partial charge is 0.279 e. The van der Waals surface area contributed by atoms with Gasteiger partial charge in [0.2, 0.25) is 0 Å². The third-order valence-electron chi connectivity index (χ3n) is 4.79. The average molecular weight is 510 g/mol. The van der Waals surface area contributed by atoms with Crippen molar-refractivity contribution in [2.75, 3.05) is 9.44 Å². The van der Waals surface area contributed by atoms with Crippen LogP contribution in [-0.4, -0.2) is 16.8 Å². The standard InChI is InChI=1S/C22H14F4N2O4S2/c23-15-7-3-8-16(24)21(15)33(29,30)27-19-11-12-20(14-6-2-1-5-13(14)19)28-34(31,32)22-17(25)9-4-10-18(22)26/h1-12,27-28H. The lowest BCUT2D eigenvalue weighted by molar-refractivity contribution is 0.519. The molecule has 0 heterocycles. The molecule has 0 amide bonds. The molecule has 0 atom stereocenters. The molecule has 0 saturated heterocycles. The van der Waals surface area contributed by atoms with Crippen LogP contribution in [-0.2, 0) is 20.0 Å². The Bertz CT molecular complexity index is 1480. The van der Waals surface area contributed by atoms with Gasteiger partial charge in [-0.2, -0.15) is 0 Å². The molecule has 34 heavy (non-hydrogen) atoms. The zero-order valence-electron chi connectivity index (χ0n) is 16.9. The van der Waals surface area contributed by atoms with E-state index in [4.69, 9.17) is 0 Å². The second kappa shape index (κ2) is 8.61. The molecule has 2 N–H and O–H groups in total. The summed E-state index contributed by atoms with van der Waals surface area (Å²) in [6.07, 6.45) is 0. The van der Waals surface area contributed by atoms with Crippen molar-refractivity contribution in [3.05, 3.63) is 96.1 Å². The van der Waals surface area contributed by atoms with Crippen LogP contribution in [0.15, 0.2) is 82.6 Å². The molecular weight excluding hydrogens is 496 g/mol. The monoisotopic (exact) mass is 510 g/mol. The summed E-state index contributed by atoms with van der Waals surface area (Å²) in [5.41, 5.74) is -0.225. The molecule has 176 valence electrons. The minimum atomic E-state index is -4.71. The molecule has 0 radical (unpaired) electrons. The Kier molecular flexibility index (Phi) is 5.96. The van der Waals surface area contributed by atoms with E-state index in [9.17, 15) is 34.4 Å². The van der Waals surface area contributed by atoms with Crippen LogP contribution in [0.5, 0.6) is 0 Å². The molecule has 0 fully saturated rings. The van der Waals surface area contributed by atoms with Gasteiger partial charge in [0.25, 0.3) is 20.0 Å². The highest BCUT2D eigenvalue weighted by atomic mass is 32.2. The number of nitrogens with one attached hydrogen (secondary N) is 2. The van der Waals surface area contributed by atoms with E-state index in [-0.39, 0.29) is 22.1 Å². The van der Waals surface area contributed by atoms with Crippen LogP contribution >= 0.6 is 0 Å². The van der Waals surface area contributed by atoms with Gasteiger partial charge in [0.15, 0.2) is 9.79 Å². The Morgan fingerprint density at radius 2 is 0.794 bits per heavy atom. The summed E-state index contributed by atoms with van der Waals surface area (Å²) in [5.74, 6) is -5.19. The lowest BCUT2D eigenvalue weighted by Gasteiger charge is -2.16. The highest BCUT2D eigenvalue weighted by Gasteiger charge is 2.27. The maximum atomic E-state index is 14.0. The summed E-state index contributed by atoms with van der Waals surface area (Å²) in [6, 6.07) is 13.3. The summed E-state index contributed by atoms with van der Waals surface area (Å²) in [6.45, 7) is 0. The van der Waals surface area contributed by atoms with Gasteiger partial charge in [-0.1, -0.05) is 36.4 Å². The number of halogens is 4. The number of sulfonamides is 2. The van der Waals surface area contributed by atoms with Gasteiger partial charge in [-0.3, -0.25) is 9.44 Å². The van der Waals surface area contributed by atoms with Gasteiger partial charge in [-0.25, -0.2) is 34.4 Å². The first-order valence-electron chi connectivity index (χ1n) is 9.47. The normalized spacial score (nSPS) is 12.0. The van der Waals surface area contributed by atoms with Crippen LogP contribution < -0.4 is 9.44 Å². The van der Waals surface area contributed by atoms with Crippen LogP contribution in [0.1, 0.15) is 0 Å². The average Bonchev–Trinajstić information content (AvgIpc) is 2.74. The molecule has 4 aromatic rings. The van der Waals surface area contributed by atoms with E-state index in [0.717, 1.165) is 48.5 Å². The summed E-state index contributed by atoms with van der Waals surface area (Å²) in [5, 5.41) is 0.300. The van der Waals surface area contributed by atoms with Gasteiger partial charge in [0.1, 0.15) is 23.3 Å². The minimum absolute atomic E-state index is 0.113. The predicted octanol–water partition coefficient (Wildman–Crippen LogP) is 5.00. The molecule has 12 heteroatoms. The van der Waals surface area contributed by atoms with Crippen molar-refractivity contribution in [3.63, 3.8) is 0 Å². The van der Waals surface area contributed by atoms with Crippen LogP contribution in [0.25, 0.3) is 10.8 Å². The first kappa shape index (κ1) is 23.5. The second-order valence-electron chi connectivity index (χ2n) is 7.02. The molecule has 0 aliphatic heterocycles. The van der Waals surface area contributed by atoms with Crippen molar-refractivity contribution in [2.24, 2.45) is 0 Å². The Labute approximate surface area is 192 Å². The number of anilines is 2. The maximum absolute atomic E-state index is 14.0. The molecule has 0 unspecified atom stereocenters. The van der Waals surface area contributed by atoms with Gasteiger partial charge < -0.3 is 0 Å². The van der Waals surface area contributed by atoms with Gasteiger partial charge in [0, 0.05) is 10.8 Å². The van der Waals surface area contributed by atoms with Gasteiger partial charge in [-0.15, -0.1) is 0 Å². The summed E-state index contributed by atoms with van der Waals surface area (Å²) in [7, 11) is -9.41. The molecule has 4 rings (SSSR count). The molecule has 0 saturated carbocycles. The van der Waals surface area contributed by atoms with Crippen molar-refractivity contribution >= 4 is 42.2 Å². The zero-order valence-corrected chi connectivity index (χ0v) is 18.5. The lowest BCUT2D eigenvalue weighted by atomic mass is 10.1. The highest BCUT2D eigenvalue weighted by molar-refractivity contribution is 7.93.